The smallest absolute Gasteiger partial charge is 0.262 e. The molecule has 1 heterocycles. The Balaban J connectivity index is 1.38. The van der Waals surface area contributed by atoms with Crippen LogP contribution in [0.2, 0.25) is 0 Å². The van der Waals surface area contributed by atoms with Gasteiger partial charge in [-0.05, 0) is 79.6 Å². The highest BCUT2D eigenvalue weighted by Crippen LogP contribution is 2.30. The Morgan fingerprint density at radius 1 is 1.04 bits per heavy atom. The molecule has 0 saturated heterocycles. The zero-order chi connectivity index (χ0) is 18.8. The molecule has 5 heteroatoms. The number of nitrogens with zero attached hydrogens (tertiary/aromatic N) is 1. The number of carbonyl (C=O) groups is 2. The quantitative estimate of drug-likeness (QED) is 0.883. The second-order valence-corrected chi connectivity index (χ2v) is 7.10. The van der Waals surface area contributed by atoms with Gasteiger partial charge in [-0.25, -0.2) is 0 Å². The van der Waals surface area contributed by atoms with Crippen molar-refractivity contribution in [1.82, 2.24) is 0 Å². The molecule has 0 radical (unpaired) electrons. The van der Waals surface area contributed by atoms with Gasteiger partial charge in [0.1, 0.15) is 5.75 Å². The maximum Gasteiger partial charge on any atom is 0.262 e. The molecule has 5 nitrogen and oxygen atoms in total. The molecule has 0 saturated carbocycles. The number of hydrogen-bond acceptors (Lipinski definition) is 3. The van der Waals surface area contributed by atoms with Crippen molar-refractivity contribution in [3.63, 3.8) is 0 Å². The minimum Gasteiger partial charge on any atom is -0.484 e. The van der Waals surface area contributed by atoms with Crippen molar-refractivity contribution in [2.75, 3.05) is 23.4 Å². The number of benzene rings is 2. The van der Waals surface area contributed by atoms with Gasteiger partial charge in [-0.2, -0.15) is 0 Å². The van der Waals surface area contributed by atoms with Crippen molar-refractivity contribution in [2.45, 2.75) is 39.0 Å². The summed E-state index contributed by atoms with van der Waals surface area (Å²) in [4.78, 5) is 26.0. The molecule has 1 aliphatic carbocycles. The number of nitrogens with one attached hydrogen (secondary N) is 1. The molecule has 0 aromatic heterocycles. The number of rotatable bonds is 5. The minimum absolute atomic E-state index is 0.0184. The van der Waals surface area contributed by atoms with E-state index in [-0.39, 0.29) is 18.4 Å². The van der Waals surface area contributed by atoms with Crippen molar-refractivity contribution < 1.29 is 14.3 Å². The zero-order valence-corrected chi connectivity index (χ0v) is 15.6. The van der Waals surface area contributed by atoms with Crippen LogP contribution in [0.25, 0.3) is 0 Å². The molecule has 2 aromatic rings. The summed E-state index contributed by atoms with van der Waals surface area (Å²) < 4.78 is 5.66. The number of carbonyl (C=O) groups excluding carboxylic acids is 2. The Hall–Kier alpha value is -2.82. The van der Waals surface area contributed by atoms with Crippen LogP contribution in [0.1, 0.15) is 36.5 Å². The van der Waals surface area contributed by atoms with E-state index >= 15 is 0 Å². The molecule has 1 aliphatic heterocycles. The number of aryl methyl sites for hydroxylation is 3. The fourth-order valence-electron chi connectivity index (χ4n) is 3.97. The first-order valence-electron chi connectivity index (χ1n) is 9.62. The van der Waals surface area contributed by atoms with Gasteiger partial charge in [-0.1, -0.05) is 6.07 Å². The van der Waals surface area contributed by atoms with Crippen molar-refractivity contribution >= 4 is 23.2 Å². The lowest BCUT2D eigenvalue weighted by Gasteiger charge is -2.28. The Bertz CT molecular complexity index is 891. The first-order valence-corrected chi connectivity index (χ1v) is 9.62. The van der Waals surface area contributed by atoms with E-state index in [9.17, 15) is 9.59 Å². The van der Waals surface area contributed by atoms with Crippen LogP contribution < -0.4 is 15.0 Å². The number of amides is 2. The predicted molar refractivity (Wildman–Crippen MR) is 105 cm³/mol. The number of ether oxygens (including phenoxy) is 1. The van der Waals surface area contributed by atoms with Crippen molar-refractivity contribution in [3.8, 4) is 5.75 Å². The van der Waals surface area contributed by atoms with Crippen LogP contribution in [-0.2, 0) is 28.9 Å². The molecule has 2 amide bonds. The highest BCUT2D eigenvalue weighted by molar-refractivity contribution is 5.97. The van der Waals surface area contributed by atoms with E-state index in [0.29, 0.717) is 19.4 Å². The lowest BCUT2D eigenvalue weighted by atomic mass is 10.0. The summed E-state index contributed by atoms with van der Waals surface area (Å²) in [5, 5.41) is 2.89. The summed E-state index contributed by atoms with van der Waals surface area (Å²) >= 11 is 0. The van der Waals surface area contributed by atoms with Crippen LogP contribution in [0.4, 0.5) is 11.4 Å². The largest absolute Gasteiger partial charge is 0.484 e. The molecule has 140 valence electrons. The highest BCUT2D eigenvalue weighted by atomic mass is 16.5. The second-order valence-electron chi connectivity index (χ2n) is 7.10. The Labute approximate surface area is 159 Å². The molecule has 0 spiro atoms. The number of anilines is 2. The van der Waals surface area contributed by atoms with Gasteiger partial charge >= 0.3 is 0 Å². The molecular formula is C22H24N2O3. The first-order chi connectivity index (χ1) is 13.1. The summed E-state index contributed by atoms with van der Waals surface area (Å²) in [5.74, 6) is 0.715. The molecule has 4 rings (SSSR count). The van der Waals surface area contributed by atoms with Gasteiger partial charge in [0, 0.05) is 24.3 Å². The molecule has 2 aromatic carbocycles. The van der Waals surface area contributed by atoms with E-state index in [2.05, 4.69) is 11.4 Å². The summed E-state index contributed by atoms with van der Waals surface area (Å²) in [6, 6.07) is 11.8. The molecule has 0 fully saturated rings. The summed E-state index contributed by atoms with van der Waals surface area (Å²) in [7, 11) is 0. The molecule has 2 aliphatic rings. The molecule has 0 atom stereocenters. The van der Waals surface area contributed by atoms with Gasteiger partial charge in [0.05, 0.1) is 0 Å². The van der Waals surface area contributed by atoms with Gasteiger partial charge in [0.15, 0.2) is 6.61 Å². The van der Waals surface area contributed by atoms with Crippen LogP contribution in [0.15, 0.2) is 36.4 Å². The molecule has 0 unspecified atom stereocenters. The van der Waals surface area contributed by atoms with Crippen LogP contribution in [0.3, 0.4) is 0 Å². The third kappa shape index (κ3) is 3.68. The third-order valence-electron chi connectivity index (χ3n) is 5.32. The van der Waals surface area contributed by atoms with Crippen LogP contribution >= 0.6 is 0 Å². The SMILES string of the molecule is CCN1C(=O)CCc2cc(NC(=O)COc3ccc4c(c3)CCC4)ccc21. The van der Waals surface area contributed by atoms with E-state index in [1.54, 1.807) is 4.90 Å². The summed E-state index contributed by atoms with van der Waals surface area (Å²) in [6.07, 6.45) is 4.64. The maximum atomic E-state index is 12.3. The standard InChI is InChI=1S/C22H24N2O3/c1-2-24-20-10-8-18(12-17(20)7-11-22(24)26)23-21(25)14-27-19-9-6-15-4-3-5-16(15)13-19/h6,8-10,12-13H,2-5,7,11,14H2,1H3,(H,23,25). The summed E-state index contributed by atoms with van der Waals surface area (Å²) in [6.45, 7) is 2.61. The first kappa shape index (κ1) is 17.6. The minimum atomic E-state index is -0.185. The van der Waals surface area contributed by atoms with Crippen LogP contribution in [0, 0.1) is 0 Å². The van der Waals surface area contributed by atoms with E-state index in [1.807, 2.05) is 37.3 Å². The van der Waals surface area contributed by atoms with Crippen LogP contribution in [0.5, 0.6) is 5.75 Å². The fourth-order valence-corrected chi connectivity index (χ4v) is 3.97. The monoisotopic (exact) mass is 364 g/mol. The molecule has 0 bridgehead atoms. The Morgan fingerprint density at radius 2 is 1.89 bits per heavy atom. The van der Waals surface area contributed by atoms with E-state index in [4.69, 9.17) is 4.74 Å². The van der Waals surface area contributed by atoms with Crippen molar-refractivity contribution in [1.29, 1.82) is 0 Å². The Kier molecular flexibility index (Phi) is 4.84. The normalized spacial score (nSPS) is 15.3. The topological polar surface area (TPSA) is 58.6 Å². The lowest BCUT2D eigenvalue weighted by molar-refractivity contribution is -0.119. The van der Waals surface area contributed by atoms with Gasteiger partial charge in [0.2, 0.25) is 5.91 Å². The number of fused-ring (bicyclic) bond motifs is 2. The fraction of sp³-hybridized carbons (Fsp3) is 0.364. The summed E-state index contributed by atoms with van der Waals surface area (Å²) in [5.41, 5.74) is 5.50. The predicted octanol–water partition coefficient (Wildman–Crippen LogP) is 3.49. The maximum absolute atomic E-state index is 12.3. The van der Waals surface area contributed by atoms with E-state index in [0.717, 1.165) is 35.5 Å². The molecular weight excluding hydrogens is 340 g/mol. The van der Waals surface area contributed by atoms with Gasteiger partial charge in [-0.3, -0.25) is 9.59 Å². The number of hydrogen-bond donors (Lipinski definition) is 1. The lowest BCUT2D eigenvalue weighted by Crippen LogP contribution is -2.34. The zero-order valence-electron chi connectivity index (χ0n) is 15.6. The van der Waals surface area contributed by atoms with Gasteiger partial charge < -0.3 is 15.0 Å². The molecule has 1 N–H and O–H groups in total. The van der Waals surface area contributed by atoms with Crippen molar-refractivity contribution in [2.24, 2.45) is 0 Å². The average Bonchev–Trinajstić information content (AvgIpc) is 3.14. The second kappa shape index (κ2) is 7.43. The average molecular weight is 364 g/mol. The van der Waals surface area contributed by atoms with Gasteiger partial charge in [-0.15, -0.1) is 0 Å². The third-order valence-corrected chi connectivity index (χ3v) is 5.32. The van der Waals surface area contributed by atoms with Crippen LogP contribution in [-0.4, -0.2) is 25.0 Å². The molecule has 27 heavy (non-hydrogen) atoms. The van der Waals surface area contributed by atoms with Gasteiger partial charge in [0.25, 0.3) is 5.91 Å². The van der Waals surface area contributed by atoms with E-state index < -0.39 is 0 Å². The highest BCUT2D eigenvalue weighted by Gasteiger charge is 2.23. The van der Waals surface area contributed by atoms with Crippen molar-refractivity contribution in [3.05, 3.63) is 53.1 Å². The van der Waals surface area contributed by atoms with E-state index in [1.165, 1.54) is 17.5 Å². The Morgan fingerprint density at radius 3 is 2.74 bits per heavy atom.